The SMILES string of the molecule is CO[C@@H]1C[C@@]23COCC(C2CCC2C3=CC(=O)C3C2CCC(CC(C)C)C3C(=O)O)[C@H]1OCCNN(C)C. The number of hydrogen-bond acceptors (Lipinski definition) is 7. The molecule has 5 rings (SSSR count). The number of hydrazine groups is 1. The van der Waals surface area contributed by atoms with Crippen molar-refractivity contribution in [2.24, 2.45) is 52.8 Å². The predicted octanol–water partition coefficient (Wildman–Crippen LogP) is 3.41. The van der Waals surface area contributed by atoms with Crippen LogP contribution in [0.15, 0.2) is 11.6 Å². The van der Waals surface area contributed by atoms with Crippen molar-refractivity contribution in [2.75, 3.05) is 47.6 Å². The van der Waals surface area contributed by atoms with Crippen LogP contribution in [0.4, 0.5) is 0 Å². The van der Waals surface area contributed by atoms with Gasteiger partial charge in [-0.05, 0) is 74.2 Å². The number of fused-ring (bicyclic) bond motifs is 3. The van der Waals surface area contributed by atoms with Crippen LogP contribution in [0.25, 0.3) is 0 Å². The number of ether oxygens (including phenoxy) is 3. The van der Waals surface area contributed by atoms with E-state index in [2.05, 4.69) is 19.3 Å². The van der Waals surface area contributed by atoms with Gasteiger partial charge in [-0.3, -0.25) is 20.0 Å². The number of hydrogen-bond donors (Lipinski definition) is 2. The third-order valence-corrected chi connectivity index (χ3v) is 10.6. The van der Waals surface area contributed by atoms with Gasteiger partial charge in [-0.2, -0.15) is 0 Å². The molecule has 4 fully saturated rings. The molecule has 3 saturated carbocycles. The fraction of sp³-hybridized carbons (Fsp3) is 0.867. The largest absolute Gasteiger partial charge is 0.481 e. The Bertz CT molecular complexity index is 920. The lowest BCUT2D eigenvalue weighted by molar-refractivity contribution is -0.220. The van der Waals surface area contributed by atoms with Gasteiger partial charge in [-0.25, -0.2) is 0 Å². The normalized spacial score (nSPS) is 42.3. The fourth-order valence-electron chi connectivity index (χ4n) is 9.33. The van der Waals surface area contributed by atoms with E-state index in [9.17, 15) is 14.7 Å². The molecule has 1 saturated heterocycles. The molecule has 8 heteroatoms. The van der Waals surface area contributed by atoms with Crippen molar-refractivity contribution >= 4 is 11.8 Å². The van der Waals surface area contributed by atoms with Crippen LogP contribution in [-0.4, -0.2) is 81.6 Å². The minimum absolute atomic E-state index is 0.0329. The lowest BCUT2D eigenvalue weighted by atomic mass is 9.45. The first-order chi connectivity index (χ1) is 18.2. The molecular formula is C30H48N2O6. The number of ketones is 1. The molecule has 0 aromatic carbocycles. The summed E-state index contributed by atoms with van der Waals surface area (Å²) in [5, 5.41) is 12.2. The van der Waals surface area contributed by atoms with Gasteiger partial charge in [-0.15, -0.1) is 0 Å². The maximum atomic E-state index is 13.9. The monoisotopic (exact) mass is 532 g/mol. The second kappa shape index (κ2) is 11.3. The van der Waals surface area contributed by atoms with E-state index in [-0.39, 0.29) is 47.1 Å². The Morgan fingerprint density at radius 1 is 1.24 bits per heavy atom. The zero-order chi connectivity index (χ0) is 27.2. The van der Waals surface area contributed by atoms with Gasteiger partial charge in [0.2, 0.25) is 0 Å². The maximum Gasteiger partial charge on any atom is 0.307 e. The zero-order valence-electron chi connectivity index (χ0n) is 23.9. The molecule has 0 aromatic heterocycles. The highest BCUT2D eigenvalue weighted by Gasteiger charge is 2.63. The molecule has 4 aliphatic carbocycles. The molecule has 10 atom stereocenters. The minimum atomic E-state index is -0.788. The van der Waals surface area contributed by atoms with Crippen molar-refractivity contribution in [1.29, 1.82) is 0 Å². The summed E-state index contributed by atoms with van der Waals surface area (Å²) in [7, 11) is 5.72. The zero-order valence-corrected chi connectivity index (χ0v) is 23.9. The molecule has 214 valence electrons. The van der Waals surface area contributed by atoms with Crippen molar-refractivity contribution in [1.82, 2.24) is 10.4 Å². The first kappa shape index (κ1) is 28.2. The van der Waals surface area contributed by atoms with E-state index in [1.165, 1.54) is 5.57 Å². The number of carboxylic acids is 1. The highest BCUT2D eigenvalue weighted by atomic mass is 16.5. The second-order valence-corrected chi connectivity index (χ2v) is 13.3. The lowest BCUT2D eigenvalue weighted by Gasteiger charge is -2.63. The summed E-state index contributed by atoms with van der Waals surface area (Å²) < 4.78 is 18.8. The summed E-state index contributed by atoms with van der Waals surface area (Å²) in [5.41, 5.74) is 4.29. The van der Waals surface area contributed by atoms with Gasteiger partial charge >= 0.3 is 5.97 Å². The van der Waals surface area contributed by atoms with Gasteiger partial charge in [-0.1, -0.05) is 19.4 Å². The molecule has 7 unspecified atom stereocenters. The second-order valence-electron chi connectivity index (χ2n) is 13.3. The van der Waals surface area contributed by atoms with Crippen molar-refractivity contribution in [3.63, 3.8) is 0 Å². The summed E-state index contributed by atoms with van der Waals surface area (Å²) in [5.74, 6) is -0.197. The summed E-state index contributed by atoms with van der Waals surface area (Å²) in [6.07, 6.45) is 7.42. The number of nitrogens with zero attached hydrogens (tertiary/aromatic N) is 1. The first-order valence-electron chi connectivity index (χ1n) is 14.8. The smallest absolute Gasteiger partial charge is 0.307 e. The fourth-order valence-corrected chi connectivity index (χ4v) is 9.33. The average molecular weight is 533 g/mol. The summed E-state index contributed by atoms with van der Waals surface area (Å²) in [6.45, 7) is 6.91. The van der Waals surface area contributed by atoms with E-state index in [1.807, 2.05) is 25.2 Å². The number of carbonyl (C=O) groups is 2. The predicted molar refractivity (Wildman–Crippen MR) is 143 cm³/mol. The van der Waals surface area contributed by atoms with Gasteiger partial charge in [0.25, 0.3) is 0 Å². The van der Waals surface area contributed by atoms with E-state index >= 15 is 0 Å². The van der Waals surface area contributed by atoms with E-state index < -0.39 is 17.8 Å². The molecule has 0 amide bonds. The van der Waals surface area contributed by atoms with Gasteiger partial charge in [0.05, 0.1) is 37.9 Å². The van der Waals surface area contributed by atoms with Crippen LogP contribution in [0.1, 0.15) is 52.4 Å². The summed E-state index contributed by atoms with van der Waals surface area (Å²) in [4.78, 5) is 26.4. The van der Waals surface area contributed by atoms with Gasteiger partial charge in [0.15, 0.2) is 5.78 Å². The molecule has 38 heavy (non-hydrogen) atoms. The molecule has 2 N–H and O–H groups in total. The molecular weight excluding hydrogens is 484 g/mol. The number of carbonyl (C=O) groups excluding carboxylic acids is 1. The molecule has 0 aromatic rings. The Morgan fingerprint density at radius 3 is 2.71 bits per heavy atom. The standard InChI is InChI=1S/C30H48N2O6/c1-17(2)12-18-6-7-20-19-8-9-22-21-15-37-16-30(22,23(19)13-24(33)27(20)26(18)29(34)35)14-25(36-5)28(21)38-11-10-31-32(3)4/h13,17-22,25-28,31H,6-12,14-16H2,1-5H3,(H,34,35)/t18?,19?,20?,21?,22?,25-,26?,27?,28-,30-/m1/s1. The number of methoxy groups -OCH3 is 1. The van der Waals surface area contributed by atoms with Crippen molar-refractivity contribution < 1.29 is 28.9 Å². The Morgan fingerprint density at radius 2 is 2.03 bits per heavy atom. The average Bonchev–Trinajstić information content (AvgIpc) is 2.86. The molecule has 0 spiro atoms. The number of allylic oxidation sites excluding steroid dienone is 1. The summed E-state index contributed by atoms with van der Waals surface area (Å²) in [6, 6.07) is 0. The lowest BCUT2D eigenvalue weighted by Crippen LogP contribution is -2.64. The topological polar surface area (TPSA) is 97.3 Å². The molecule has 8 nitrogen and oxygen atoms in total. The van der Waals surface area contributed by atoms with E-state index in [0.717, 1.165) is 45.1 Å². The number of nitrogens with one attached hydrogen (secondary N) is 1. The minimum Gasteiger partial charge on any atom is -0.481 e. The van der Waals surface area contributed by atoms with E-state index in [0.29, 0.717) is 31.7 Å². The molecule has 5 aliphatic rings. The van der Waals surface area contributed by atoms with Crippen molar-refractivity contribution in [3.05, 3.63) is 11.6 Å². The van der Waals surface area contributed by atoms with Crippen LogP contribution < -0.4 is 5.43 Å². The first-order valence-corrected chi connectivity index (χ1v) is 14.8. The number of rotatable bonds is 9. The van der Waals surface area contributed by atoms with E-state index in [4.69, 9.17) is 14.2 Å². The number of aliphatic carboxylic acids is 1. The highest BCUT2D eigenvalue weighted by Crippen LogP contribution is 2.64. The van der Waals surface area contributed by atoms with Gasteiger partial charge in [0.1, 0.15) is 0 Å². The third-order valence-electron chi connectivity index (χ3n) is 10.6. The number of carboxylic acid groups (broad SMARTS) is 1. The van der Waals surface area contributed by atoms with Crippen molar-refractivity contribution in [3.8, 4) is 0 Å². The Hall–Kier alpha value is -1.32. The van der Waals surface area contributed by atoms with Crippen LogP contribution in [-0.2, 0) is 23.8 Å². The van der Waals surface area contributed by atoms with Gasteiger partial charge < -0.3 is 19.3 Å². The van der Waals surface area contributed by atoms with Crippen LogP contribution in [0.3, 0.4) is 0 Å². The Labute approximate surface area is 227 Å². The van der Waals surface area contributed by atoms with Crippen LogP contribution >= 0.6 is 0 Å². The van der Waals surface area contributed by atoms with E-state index in [1.54, 1.807) is 7.11 Å². The highest BCUT2D eigenvalue weighted by molar-refractivity contribution is 5.97. The maximum absolute atomic E-state index is 13.9. The van der Waals surface area contributed by atoms with Crippen LogP contribution in [0.5, 0.6) is 0 Å². The quantitative estimate of drug-likeness (QED) is 0.345. The van der Waals surface area contributed by atoms with Gasteiger partial charge in [0, 0.05) is 45.0 Å². The van der Waals surface area contributed by atoms with Crippen molar-refractivity contribution in [2.45, 2.75) is 64.6 Å². The van der Waals surface area contributed by atoms with Crippen LogP contribution in [0.2, 0.25) is 0 Å². The molecule has 1 aliphatic heterocycles. The third kappa shape index (κ3) is 4.89. The summed E-state index contributed by atoms with van der Waals surface area (Å²) >= 11 is 0. The van der Waals surface area contributed by atoms with Crippen LogP contribution in [0, 0.1) is 52.8 Å². The Kier molecular flexibility index (Phi) is 8.38. The molecule has 0 radical (unpaired) electrons. The Balaban J connectivity index is 1.43. The molecule has 1 heterocycles. The molecule has 2 bridgehead atoms.